The lowest BCUT2D eigenvalue weighted by Gasteiger charge is -2.13. The van der Waals surface area contributed by atoms with Crippen LogP contribution >= 0.6 is 0 Å². The Labute approximate surface area is 161 Å². The average molecular weight is 371 g/mol. The van der Waals surface area contributed by atoms with Crippen molar-refractivity contribution in [1.29, 1.82) is 0 Å². The van der Waals surface area contributed by atoms with Gasteiger partial charge in [0.15, 0.2) is 5.96 Å². The van der Waals surface area contributed by atoms with Gasteiger partial charge < -0.3 is 24.8 Å². The second-order valence-corrected chi connectivity index (χ2v) is 5.86. The number of para-hydroxylation sites is 1. The van der Waals surface area contributed by atoms with Crippen LogP contribution in [0.5, 0.6) is 17.2 Å². The third-order valence-corrected chi connectivity index (χ3v) is 4.13. The maximum Gasteiger partial charge on any atom is 0.191 e. The molecule has 0 bridgehead atoms. The van der Waals surface area contributed by atoms with E-state index in [2.05, 4.69) is 21.7 Å². The summed E-state index contributed by atoms with van der Waals surface area (Å²) in [6.07, 6.45) is 0.848. The number of nitrogens with one attached hydrogen (secondary N) is 2. The van der Waals surface area contributed by atoms with Crippen LogP contribution in [0.3, 0.4) is 0 Å². The number of methoxy groups -OCH3 is 3. The van der Waals surface area contributed by atoms with E-state index in [0.717, 1.165) is 48.3 Å². The SMILES string of the molecule is CCNC(=NCc1ccc(OC)cc1OC)NCCc1ccccc1OC. The minimum atomic E-state index is 0.511. The monoisotopic (exact) mass is 371 g/mol. The van der Waals surface area contributed by atoms with Crippen molar-refractivity contribution < 1.29 is 14.2 Å². The van der Waals surface area contributed by atoms with Crippen LogP contribution in [0.25, 0.3) is 0 Å². The van der Waals surface area contributed by atoms with Gasteiger partial charge in [0, 0.05) is 24.7 Å². The molecule has 2 N–H and O–H groups in total. The first-order valence-corrected chi connectivity index (χ1v) is 9.06. The average Bonchev–Trinajstić information content (AvgIpc) is 2.72. The molecule has 146 valence electrons. The van der Waals surface area contributed by atoms with Gasteiger partial charge in [-0.15, -0.1) is 0 Å². The summed E-state index contributed by atoms with van der Waals surface area (Å²) in [4.78, 5) is 4.66. The Bertz CT molecular complexity index is 747. The lowest BCUT2D eigenvalue weighted by atomic mass is 10.1. The molecule has 27 heavy (non-hydrogen) atoms. The molecule has 0 spiro atoms. The number of rotatable bonds is 9. The Morgan fingerprint density at radius 1 is 0.889 bits per heavy atom. The first kappa shape index (κ1) is 20.4. The predicted molar refractivity (Wildman–Crippen MR) is 109 cm³/mol. The van der Waals surface area contributed by atoms with Crippen LogP contribution in [0.4, 0.5) is 0 Å². The Morgan fingerprint density at radius 2 is 1.67 bits per heavy atom. The van der Waals surface area contributed by atoms with Crippen LogP contribution in [0.15, 0.2) is 47.5 Å². The van der Waals surface area contributed by atoms with Gasteiger partial charge in [-0.25, -0.2) is 4.99 Å². The van der Waals surface area contributed by atoms with Gasteiger partial charge in [-0.2, -0.15) is 0 Å². The Hall–Kier alpha value is -2.89. The molecule has 0 aromatic heterocycles. The molecule has 0 radical (unpaired) electrons. The molecule has 0 aliphatic rings. The van der Waals surface area contributed by atoms with Crippen molar-refractivity contribution in [1.82, 2.24) is 10.6 Å². The largest absolute Gasteiger partial charge is 0.497 e. The summed E-state index contributed by atoms with van der Waals surface area (Å²) in [5, 5.41) is 6.64. The maximum atomic E-state index is 5.44. The maximum absolute atomic E-state index is 5.44. The molecular weight excluding hydrogens is 342 g/mol. The Kier molecular flexibility index (Phi) is 8.29. The summed E-state index contributed by atoms with van der Waals surface area (Å²) < 4.78 is 16.1. The number of aliphatic imine (C=N–C) groups is 1. The van der Waals surface area contributed by atoms with Crippen molar-refractivity contribution in [2.45, 2.75) is 19.9 Å². The number of benzene rings is 2. The molecule has 0 amide bonds. The van der Waals surface area contributed by atoms with E-state index < -0.39 is 0 Å². The minimum Gasteiger partial charge on any atom is -0.497 e. The second-order valence-electron chi connectivity index (χ2n) is 5.86. The molecule has 6 heteroatoms. The van der Waals surface area contributed by atoms with Gasteiger partial charge in [0.1, 0.15) is 17.2 Å². The minimum absolute atomic E-state index is 0.511. The second kappa shape index (κ2) is 11.0. The molecule has 6 nitrogen and oxygen atoms in total. The van der Waals surface area contributed by atoms with Crippen LogP contribution in [-0.2, 0) is 13.0 Å². The smallest absolute Gasteiger partial charge is 0.191 e. The summed E-state index contributed by atoms with van der Waals surface area (Å²) in [6.45, 7) is 4.11. The van der Waals surface area contributed by atoms with E-state index in [1.54, 1.807) is 21.3 Å². The highest BCUT2D eigenvalue weighted by Crippen LogP contribution is 2.25. The highest BCUT2D eigenvalue weighted by Gasteiger charge is 2.06. The fourth-order valence-corrected chi connectivity index (χ4v) is 2.71. The highest BCUT2D eigenvalue weighted by molar-refractivity contribution is 5.79. The van der Waals surface area contributed by atoms with Gasteiger partial charge in [-0.05, 0) is 37.1 Å². The quantitative estimate of drug-likeness (QED) is 0.524. The van der Waals surface area contributed by atoms with Crippen molar-refractivity contribution in [3.8, 4) is 17.2 Å². The number of hydrogen-bond donors (Lipinski definition) is 2. The summed E-state index contributed by atoms with van der Waals surface area (Å²) >= 11 is 0. The van der Waals surface area contributed by atoms with E-state index in [0.29, 0.717) is 6.54 Å². The van der Waals surface area contributed by atoms with Crippen LogP contribution in [-0.4, -0.2) is 40.4 Å². The standard InChI is InChI=1S/C21H29N3O3/c1-5-22-21(23-13-12-16-8-6-7-9-19(16)26-3)24-15-17-10-11-18(25-2)14-20(17)27-4/h6-11,14H,5,12-13,15H2,1-4H3,(H2,22,23,24). The number of ether oxygens (including phenoxy) is 3. The van der Waals surface area contributed by atoms with Gasteiger partial charge in [-0.1, -0.05) is 18.2 Å². The topological polar surface area (TPSA) is 64.1 Å². The Balaban J connectivity index is 2.00. The lowest BCUT2D eigenvalue weighted by Crippen LogP contribution is -2.38. The normalized spacial score (nSPS) is 11.0. The molecule has 0 aliphatic heterocycles. The van der Waals surface area contributed by atoms with E-state index in [9.17, 15) is 0 Å². The van der Waals surface area contributed by atoms with E-state index >= 15 is 0 Å². The van der Waals surface area contributed by atoms with E-state index in [1.807, 2.05) is 43.3 Å². The molecule has 0 fully saturated rings. The molecule has 0 unspecified atom stereocenters. The number of hydrogen-bond acceptors (Lipinski definition) is 4. The molecule has 2 aromatic carbocycles. The Morgan fingerprint density at radius 3 is 2.37 bits per heavy atom. The molecule has 2 aromatic rings. The van der Waals surface area contributed by atoms with Crippen molar-refractivity contribution in [2.75, 3.05) is 34.4 Å². The van der Waals surface area contributed by atoms with Crippen LogP contribution in [0.1, 0.15) is 18.1 Å². The summed E-state index contributed by atoms with van der Waals surface area (Å²) in [5.41, 5.74) is 2.17. The molecule has 0 aliphatic carbocycles. The summed E-state index contributed by atoms with van der Waals surface area (Å²) in [6, 6.07) is 13.8. The molecule has 0 saturated carbocycles. The van der Waals surface area contributed by atoms with Crippen molar-refractivity contribution >= 4 is 5.96 Å². The zero-order chi connectivity index (χ0) is 19.5. The molecular formula is C21H29N3O3. The lowest BCUT2D eigenvalue weighted by molar-refractivity contribution is 0.391. The van der Waals surface area contributed by atoms with E-state index in [1.165, 1.54) is 5.56 Å². The zero-order valence-electron chi connectivity index (χ0n) is 16.5. The van der Waals surface area contributed by atoms with Crippen LogP contribution in [0, 0.1) is 0 Å². The van der Waals surface area contributed by atoms with Gasteiger partial charge in [0.2, 0.25) is 0 Å². The van der Waals surface area contributed by atoms with Gasteiger partial charge in [0.05, 0.1) is 27.9 Å². The van der Waals surface area contributed by atoms with Crippen LogP contribution < -0.4 is 24.8 Å². The summed E-state index contributed by atoms with van der Waals surface area (Å²) in [5.74, 6) is 3.21. The summed E-state index contributed by atoms with van der Waals surface area (Å²) in [7, 11) is 4.99. The number of nitrogens with zero attached hydrogens (tertiary/aromatic N) is 1. The fraction of sp³-hybridized carbons (Fsp3) is 0.381. The van der Waals surface area contributed by atoms with Crippen molar-refractivity contribution in [2.24, 2.45) is 4.99 Å². The third kappa shape index (κ3) is 6.09. The highest BCUT2D eigenvalue weighted by atomic mass is 16.5. The fourth-order valence-electron chi connectivity index (χ4n) is 2.71. The predicted octanol–water partition coefficient (Wildman–Crippen LogP) is 3.01. The third-order valence-electron chi connectivity index (χ3n) is 4.13. The van der Waals surface area contributed by atoms with E-state index in [-0.39, 0.29) is 0 Å². The molecule has 0 atom stereocenters. The van der Waals surface area contributed by atoms with Gasteiger partial charge in [-0.3, -0.25) is 0 Å². The van der Waals surface area contributed by atoms with Crippen molar-refractivity contribution in [3.05, 3.63) is 53.6 Å². The first-order valence-electron chi connectivity index (χ1n) is 9.06. The molecule has 0 saturated heterocycles. The van der Waals surface area contributed by atoms with Gasteiger partial charge in [0.25, 0.3) is 0 Å². The van der Waals surface area contributed by atoms with Crippen LogP contribution in [0.2, 0.25) is 0 Å². The zero-order valence-corrected chi connectivity index (χ0v) is 16.5. The molecule has 2 rings (SSSR count). The molecule has 0 heterocycles. The van der Waals surface area contributed by atoms with E-state index in [4.69, 9.17) is 14.2 Å². The van der Waals surface area contributed by atoms with Gasteiger partial charge >= 0.3 is 0 Å². The number of guanidine groups is 1. The van der Waals surface area contributed by atoms with Crippen molar-refractivity contribution in [3.63, 3.8) is 0 Å². The first-order chi connectivity index (χ1) is 13.2.